The molecule has 1 saturated carbocycles. The average Bonchev–Trinajstić information content (AvgIpc) is 1.83. The van der Waals surface area contributed by atoms with Crippen LogP contribution in [0.2, 0.25) is 0 Å². The minimum absolute atomic E-state index is 0.587. The average molecular weight is 153 g/mol. The van der Waals surface area contributed by atoms with Crippen LogP contribution in [0.5, 0.6) is 0 Å². The van der Waals surface area contributed by atoms with Crippen molar-refractivity contribution in [3.8, 4) is 0 Å². The second kappa shape index (κ2) is 3.11. The SMILES string of the molecule is CC1CN(C2CCC2)CC[N]1. The molecule has 2 aliphatic rings. The van der Waals surface area contributed by atoms with Crippen LogP contribution in [0.3, 0.4) is 0 Å². The van der Waals surface area contributed by atoms with Crippen LogP contribution in [0.25, 0.3) is 0 Å². The Labute approximate surface area is 69.0 Å². The minimum atomic E-state index is 0.587. The molecule has 1 heterocycles. The van der Waals surface area contributed by atoms with Crippen molar-refractivity contribution in [2.45, 2.75) is 38.3 Å². The van der Waals surface area contributed by atoms with Crippen molar-refractivity contribution in [2.24, 2.45) is 0 Å². The number of rotatable bonds is 1. The molecule has 0 N–H and O–H groups in total. The third-order valence-electron chi connectivity index (χ3n) is 2.92. The van der Waals surface area contributed by atoms with Crippen molar-refractivity contribution in [1.29, 1.82) is 0 Å². The highest BCUT2D eigenvalue weighted by molar-refractivity contribution is 4.85. The lowest BCUT2D eigenvalue weighted by molar-refractivity contribution is 0.0941. The van der Waals surface area contributed by atoms with Gasteiger partial charge in [0, 0.05) is 31.7 Å². The Balaban J connectivity index is 1.82. The van der Waals surface area contributed by atoms with Crippen molar-refractivity contribution in [3.63, 3.8) is 0 Å². The van der Waals surface area contributed by atoms with E-state index in [1.807, 2.05) is 0 Å². The summed E-state index contributed by atoms with van der Waals surface area (Å²) < 4.78 is 0. The zero-order valence-corrected chi connectivity index (χ0v) is 7.29. The van der Waals surface area contributed by atoms with E-state index >= 15 is 0 Å². The Morgan fingerprint density at radius 1 is 1.36 bits per heavy atom. The quantitative estimate of drug-likeness (QED) is 0.546. The summed E-state index contributed by atoms with van der Waals surface area (Å²) in [6, 6.07) is 1.51. The standard InChI is InChI=1S/C9H17N2/c1-8-7-11(6-5-10-8)9-3-2-4-9/h8-9H,2-7H2,1H3. The van der Waals surface area contributed by atoms with Gasteiger partial charge in [-0.15, -0.1) is 0 Å². The fourth-order valence-electron chi connectivity index (χ4n) is 1.98. The first-order valence-corrected chi connectivity index (χ1v) is 4.77. The van der Waals surface area contributed by atoms with Gasteiger partial charge in [-0.2, -0.15) is 0 Å². The van der Waals surface area contributed by atoms with E-state index in [4.69, 9.17) is 0 Å². The second-order valence-corrected chi connectivity index (χ2v) is 3.83. The molecular formula is C9H17N2. The Kier molecular flexibility index (Phi) is 2.14. The van der Waals surface area contributed by atoms with Gasteiger partial charge in [0.05, 0.1) is 0 Å². The van der Waals surface area contributed by atoms with Crippen LogP contribution in [0.4, 0.5) is 0 Å². The summed E-state index contributed by atoms with van der Waals surface area (Å²) in [6.45, 7) is 5.72. The molecule has 1 unspecified atom stereocenters. The number of hydrogen-bond donors (Lipinski definition) is 0. The molecule has 0 aromatic carbocycles. The number of hydrogen-bond acceptors (Lipinski definition) is 1. The van der Waals surface area contributed by atoms with Crippen molar-refractivity contribution in [2.75, 3.05) is 19.6 Å². The predicted molar refractivity (Wildman–Crippen MR) is 45.7 cm³/mol. The zero-order chi connectivity index (χ0) is 7.68. The highest BCUT2D eigenvalue weighted by Crippen LogP contribution is 2.25. The summed E-state index contributed by atoms with van der Waals surface area (Å²) in [6.07, 6.45) is 4.33. The Morgan fingerprint density at radius 3 is 2.73 bits per heavy atom. The van der Waals surface area contributed by atoms with E-state index in [1.54, 1.807) is 0 Å². The first-order valence-electron chi connectivity index (χ1n) is 4.77. The fourth-order valence-corrected chi connectivity index (χ4v) is 1.98. The maximum atomic E-state index is 4.48. The summed E-state index contributed by atoms with van der Waals surface area (Å²) in [7, 11) is 0. The monoisotopic (exact) mass is 153 g/mol. The van der Waals surface area contributed by atoms with Gasteiger partial charge in [0.1, 0.15) is 0 Å². The van der Waals surface area contributed by atoms with Crippen molar-refractivity contribution in [3.05, 3.63) is 0 Å². The molecule has 1 saturated heterocycles. The summed E-state index contributed by atoms with van der Waals surface area (Å²) >= 11 is 0. The van der Waals surface area contributed by atoms with Crippen LogP contribution in [0.15, 0.2) is 0 Å². The maximum absolute atomic E-state index is 4.48. The van der Waals surface area contributed by atoms with Gasteiger partial charge in [0.2, 0.25) is 0 Å². The van der Waals surface area contributed by atoms with Gasteiger partial charge in [0.25, 0.3) is 0 Å². The van der Waals surface area contributed by atoms with Gasteiger partial charge in [-0.3, -0.25) is 4.90 Å². The van der Waals surface area contributed by atoms with Crippen molar-refractivity contribution >= 4 is 0 Å². The highest BCUT2D eigenvalue weighted by atomic mass is 15.2. The van der Waals surface area contributed by atoms with Crippen LogP contribution in [-0.2, 0) is 0 Å². The van der Waals surface area contributed by atoms with E-state index in [2.05, 4.69) is 17.1 Å². The summed E-state index contributed by atoms with van der Waals surface area (Å²) in [4.78, 5) is 2.63. The topological polar surface area (TPSA) is 17.3 Å². The predicted octanol–water partition coefficient (Wildman–Crippen LogP) is 0.847. The van der Waals surface area contributed by atoms with Crippen LogP contribution in [0.1, 0.15) is 26.2 Å². The summed E-state index contributed by atoms with van der Waals surface area (Å²) in [5.41, 5.74) is 0. The molecule has 1 aliphatic heterocycles. The molecule has 0 aromatic heterocycles. The van der Waals surface area contributed by atoms with Gasteiger partial charge in [-0.25, -0.2) is 5.32 Å². The molecule has 2 nitrogen and oxygen atoms in total. The summed E-state index contributed by atoms with van der Waals surface area (Å²) in [5, 5.41) is 4.48. The Hall–Kier alpha value is -0.0800. The van der Waals surface area contributed by atoms with E-state index < -0.39 is 0 Å². The number of piperazine rings is 1. The third-order valence-corrected chi connectivity index (χ3v) is 2.92. The van der Waals surface area contributed by atoms with Crippen molar-refractivity contribution in [1.82, 2.24) is 10.2 Å². The molecule has 1 radical (unpaired) electrons. The number of nitrogens with zero attached hydrogens (tertiary/aromatic N) is 2. The van der Waals surface area contributed by atoms with Crippen molar-refractivity contribution < 1.29 is 0 Å². The van der Waals surface area contributed by atoms with Gasteiger partial charge in [-0.1, -0.05) is 6.42 Å². The smallest absolute Gasteiger partial charge is 0.0345 e. The first kappa shape index (κ1) is 7.56. The van der Waals surface area contributed by atoms with Crippen LogP contribution < -0.4 is 5.32 Å². The molecule has 2 fully saturated rings. The molecule has 0 bridgehead atoms. The lowest BCUT2D eigenvalue weighted by atomic mass is 9.91. The molecule has 0 amide bonds. The zero-order valence-electron chi connectivity index (χ0n) is 7.29. The normalized spacial score (nSPS) is 35.2. The van der Waals surface area contributed by atoms with Gasteiger partial charge >= 0.3 is 0 Å². The van der Waals surface area contributed by atoms with E-state index in [0.29, 0.717) is 6.04 Å². The molecule has 11 heavy (non-hydrogen) atoms. The van der Waals surface area contributed by atoms with Gasteiger partial charge in [-0.05, 0) is 19.8 Å². The van der Waals surface area contributed by atoms with E-state index in [-0.39, 0.29) is 0 Å². The summed E-state index contributed by atoms with van der Waals surface area (Å²) in [5.74, 6) is 0. The van der Waals surface area contributed by atoms with Crippen LogP contribution >= 0.6 is 0 Å². The van der Waals surface area contributed by atoms with E-state index in [1.165, 1.54) is 32.4 Å². The molecular weight excluding hydrogens is 136 g/mol. The fraction of sp³-hybridized carbons (Fsp3) is 1.00. The Bertz CT molecular complexity index is 132. The second-order valence-electron chi connectivity index (χ2n) is 3.83. The molecule has 1 aliphatic carbocycles. The molecule has 2 heteroatoms. The first-order chi connectivity index (χ1) is 5.36. The third kappa shape index (κ3) is 1.57. The van der Waals surface area contributed by atoms with Gasteiger partial charge in [0.15, 0.2) is 0 Å². The maximum Gasteiger partial charge on any atom is 0.0345 e. The minimum Gasteiger partial charge on any atom is -0.297 e. The van der Waals surface area contributed by atoms with E-state index in [9.17, 15) is 0 Å². The van der Waals surface area contributed by atoms with Crippen LogP contribution in [0, 0.1) is 0 Å². The molecule has 63 valence electrons. The molecule has 2 rings (SSSR count). The van der Waals surface area contributed by atoms with Gasteiger partial charge < -0.3 is 0 Å². The lowest BCUT2D eigenvalue weighted by Gasteiger charge is -2.41. The molecule has 0 aromatic rings. The Morgan fingerprint density at radius 2 is 2.18 bits per heavy atom. The largest absolute Gasteiger partial charge is 0.297 e. The molecule has 0 spiro atoms. The van der Waals surface area contributed by atoms with Crippen LogP contribution in [-0.4, -0.2) is 36.6 Å². The van der Waals surface area contributed by atoms with E-state index in [0.717, 1.165) is 12.6 Å². The molecule has 1 atom stereocenters. The highest BCUT2D eigenvalue weighted by Gasteiger charge is 2.27. The lowest BCUT2D eigenvalue weighted by Crippen LogP contribution is -2.52.